The van der Waals surface area contributed by atoms with E-state index in [0.717, 1.165) is 18.8 Å². The first-order valence-electron chi connectivity index (χ1n) is 17.8. The molecule has 48 heavy (non-hydrogen) atoms. The van der Waals surface area contributed by atoms with Crippen molar-refractivity contribution in [2.45, 2.75) is 72.6 Å². The lowest BCUT2D eigenvalue weighted by molar-refractivity contribution is 0.318. The molecule has 0 spiro atoms. The van der Waals surface area contributed by atoms with Crippen LogP contribution in [0.4, 0.5) is 0 Å². The highest BCUT2D eigenvalue weighted by molar-refractivity contribution is 5.84. The molecule has 0 saturated heterocycles. The van der Waals surface area contributed by atoms with Crippen LogP contribution in [0.3, 0.4) is 0 Å². The van der Waals surface area contributed by atoms with Crippen LogP contribution >= 0.6 is 0 Å². The van der Waals surface area contributed by atoms with Crippen LogP contribution in [0.25, 0.3) is 32.4 Å². The Kier molecular flexibility index (Phi) is 15.3. The highest BCUT2D eigenvalue weighted by Crippen LogP contribution is 2.21. The molecule has 0 saturated carbocycles. The molecule has 0 radical (unpaired) electrons. The van der Waals surface area contributed by atoms with E-state index in [0.29, 0.717) is 0 Å². The fourth-order valence-electron chi connectivity index (χ4n) is 5.70. The summed E-state index contributed by atoms with van der Waals surface area (Å²) in [5.41, 5.74) is 5.58. The smallest absolute Gasteiger partial charge is 0.119 e. The molecular weight excluding hydrogens is 583 g/mol. The van der Waals surface area contributed by atoms with Gasteiger partial charge < -0.3 is 9.72 Å². The first-order chi connectivity index (χ1) is 23.6. The number of H-pyrrole nitrogens is 1. The first-order valence-corrected chi connectivity index (χ1v) is 17.8. The van der Waals surface area contributed by atoms with Gasteiger partial charge in [-0.1, -0.05) is 168 Å². The number of fused-ring (bicyclic) bond motifs is 3. The average molecular weight is 636 g/mol. The van der Waals surface area contributed by atoms with Crippen LogP contribution in [0.1, 0.15) is 70.1 Å². The molecule has 0 fully saturated rings. The summed E-state index contributed by atoms with van der Waals surface area (Å²) in [5, 5.41) is 6.56. The molecule has 248 valence electrons. The minimum Gasteiger partial charge on any atom is -0.494 e. The normalized spacial score (nSPS) is 10.3. The average Bonchev–Trinajstić information content (AvgIpc) is 3.55. The van der Waals surface area contributed by atoms with Crippen LogP contribution in [0.15, 0.2) is 146 Å². The molecule has 1 aromatic heterocycles. The number of rotatable bonds is 9. The quantitative estimate of drug-likeness (QED) is 0.168. The topological polar surface area (TPSA) is 25.0 Å². The van der Waals surface area contributed by atoms with Crippen molar-refractivity contribution in [3.05, 3.63) is 162 Å². The second-order valence-corrected chi connectivity index (χ2v) is 12.1. The molecule has 0 aliphatic heterocycles. The molecule has 0 aliphatic carbocycles. The number of aromatic nitrogens is 1. The van der Waals surface area contributed by atoms with E-state index in [1.54, 1.807) is 0 Å². The van der Waals surface area contributed by atoms with Gasteiger partial charge in [0.25, 0.3) is 0 Å². The molecule has 0 atom stereocenters. The summed E-state index contributed by atoms with van der Waals surface area (Å²) in [7, 11) is 0. The molecule has 7 aromatic rings. The van der Waals surface area contributed by atoms with Gasteiger partial charge in [0.05, 0.1) is 6.61 Å². The third kappa shape index (κ3) is 11.5. The largest absolute Gasteiger partial charge is 0.494 e. The minimum atomic E-state index is 0.790. The van der Waals surface area contributed by atoms with Crippen molar-refractivity contribution >= 4 is 32.4 Å². The van der Waals surface area contributed by atoms with Gasteiger partial charge in [0, 0.05) is 17.1 Å². The lowest BCUT2D eigenvalue weighted by Crippen LogP contribution is -1.94. The lowest BCUT2D eigenvalue weighted by atomic mass is 10.0. The number of benzene rings is 6. The lowest BCUT2D eigenvalue weighted by Gasteiger charge is -2.05. The number of para-hydroxylation sites is 1. The van der Waals surface area contributed by atoms with Crippen LogP contribution in [-0.2, 0) is 19.3 Å². The first kappa shape index (κ1) is 36.0. The summed E-state index contributed by atoms with van der Waals surface area (Å²) >= 11 is 0. The Bertz CT molecular complexity index is 1900. The van der Waals surface area contributed by atoms with Crippen LogP contribution in [0, 0.1) is 0 Å². The molecule has 1 heterocycles. The SMILES string of the molecule is CCCOc1ccc2ccccc2c1.CCCc1c[nH]c2ccccc12.CCCc1ccc2ccccc2c1.CCCc1ccccc1. The number of hydrogen-bond donors (Lipinski definition) is 1. The molecule has 2 heteroatoms. The van der Waals surface area contributed by atoms with E-state index in [1.807, 2.05) is 12.1 Å². The van der Waals surface area contributed by atoms with E-state index >= 15 is 0 Å². The van der Waals surface area contributed by atoms with Gasteiger partial charge in [0.15, 0.2) is 0 Å². The summed E-state index contributed by atoms with van der Waals surface area (Å²) in [4.78, 5) is 3.27. The van der Waals surface area contributed by atoms with Gasteiger partial charge in [-0.2, -0.15) is 0 Å². The molecule has 0 amide bonds. The zero-order valence-corrected chi connectivity index (χ0v) is 29.4. The van der Waals surface area contributed by atoms with Crippen molar-refractivity contribution in [1.29, 1.82) is 0 Å². The minimum absolute atomic E-state index is 0.790. The van der Waals surface area contributed by atoms with E-state index in [1.165, 1.54) is 87.7 Å². The van der Waals surface area contributed by atoms with Gasteiger partial charge in [-0.05, 0) is 82.1 Å². The van der Waals surface area contributed by atoms with Crippen molar-refractivity contribution < 1.29 is 4.74 Å². The van der Waals surface area contributed by atoms with Crippen molar-refractivity contribution in [2.75, 3.05) is 6.61 Å². The summed E-state index contributed by atoms with van der Waals surface area (Å²) in [6.07, 6.45) is 10.4. The fraction of sp³-hybridized carbons (Fsp3) is 0.261. The van der Waals surface area contributed by atoms with Gasteiger partial charge in [0.2, 0.25) is 0 Å². The number of nitrogens with one attached hydrogen (secondary N) is 1. The third-order valence-electron chi connectivity index (χ3n) is 8.12. The summed E-state index contributed by atoms with van der Waals surface area (Å²) in [6, 6.07) is 48.8. The standard InChI is InChI=1S/C13H14O.C13H14.C11H13N.C9H12/c1-2-9-14-13-8-7-11-5-3-4-6-12(11)10-13;1-2-5-11-8-9-12-6-3-4-7-13(12)10-11;1-2-5-9-8-12-11-7-4-3-6-10(9)11;1-2-6-9-7-4-3-5-8-9/h3-8,10H,2,9H2,1H3;3-4,6-10H,2,5H2,1H3;3-4,6-8,12H,2,5H2,1H3;3-5,7-8H,2,6H2,1H3. The third-order valence-corrected chi connectivity index (χ3v) is 8.12. The molecule has 0 aliphatic rings. The Hall–Kier alpha value is -4.82. The fourth-order valence-corrected chi connectivity index (χ4v) is 5.70. The molecule has 1 N–H and O–H groups in total. The second-order valence-electron chi connectivity index (χ2n) is 12.1. The maximum Gasteiger partial charge on any atom is 0.119 e. The molecule has 7 rings (SSSR count). The predicted octanol–water partition coefficient (Wildman–Crippen LogP) is 13.2. The van der Waals surface area contributed by atoms with Crippen molar-refractivity contribution in [3.63, 3.8) is 0 Å². The Morgan fingerprint density at radius 3 is 1.69 bits per heavy atom. The van der Waals surface area contributed by atoms with E-state index in [9.17, 15) is 0 Å². The molecular formula is C46H53NO. The summed E-state index contributed by atoms with van der Waals surface area (Å²) < 4.78 is 5.56. The Morgan fingerprint density at radius 2 is 1.02 bits per heavy atom. The number of aromatic amines is 1. The highest BCUT2D eigenvalue weighted by atomic mass is 16.5. The van der Waals surface area contributed by atoms with Crippen molar-refractivity contribution in [2.24, 2.45) is 0 Å². The van der Waals surface area contributed by atoms with E-state index in [2.05, 4.69) is 166 Å². The van der Waals surface area contributed by atoms with E-state index in [-0.39, 0.29) is 0 Å². The van der Waals surface area contributed by atoms with Crippen LogP contribution < -0.4 is 4.74 Å². The second kappa shape index (κ2) is 20.4. The van der Waals surface area contributed by atoms with Crippen LogP contribution in [0.2, 0.25) is 0 Å². The van der Waals surface area contributed by atoms with E-state index < -0.39 is 0 Å². The zero-order chi connectivity index (χ0) is 33.8. The number of ether oxygens (including phenoxy) is 1. The van der Waals surface area contributed by atoms with Gasteiger partial charge in [-0.3, -0.25) is 0 Å². The van der Waals surface area contributed by atoms with Crippen LogP contribution in [0.5, 0.6) is 5.75 Å². The molecule has 0 unspecified atom stereocenters. The predicted molar refractivity (Wildman–Crippen MR) is 210 cm³/mol. The molecule has 6 aromatic carbocycles. The summed E-state index contributed by atoms with van der Waals surface area (Å²) in [5.74, 6) is 0.963. The Labute approximate surface area is 288 Å². The number of aryl methyl sites for hydroxylation is 3. The number of hydrogen-bond acceptors (Lipinski definition) is 1. The molecule has 0 bridgehead atoms. The Balaban J connectivity index is 0.000000146. The van der Waals surface area contributed by atoms with Gasteiger partial charge >= 0.3 is 0 Å². The van der Waals surface area contributed by atoms with Gasteiger partial charge in [-0.15, -0.1) is 0 Å². The van der Waals surface area contributed by atoms with E-state index in [4.69, 9.17) is 4.74 Å². The molecule has 2 nitrogen and oxygen atoms in total. The Morgan fingerprint density at radius 1 is 0.458 bits per heavy atom. The zero-order valence-electron chi connectivity index (χ0n) is 29.4. The maximum atomic E-state index is 5.56. The maximum absolute atomic E-state index is 5.56. The van der Waals surface area contributed by atoms with Gasteiger partial charge in [-0.25, -0.2) is 0 Å². The highest BCUT2D eigenvalue weighted by Gasteiger charge is 2.00. The van der Waals surface area contributed by atoms with Crippen LogP contribution in [-0.4, -0.2) is 11.6 Å². The van der Waals surface area contributed by atoms with Gasteiger partial charge in [0.1, 0.15) is 5.75 Å². The summed E-state index contributed by atoms with van der Waals surface area (Å²) in [6.45, 7) is 9.53. The van der Waals surface area contributed by atoms with Crippen molar-refractivity contribution in [3.8, 4) is 5.75 Å². The van der Waals surface area contributed by atoms with Crippen molar-refractivity contribution in [1.82, 2.24) is 4.98 Å². The monoisotopic (exact) mass is 635 g/mol.